The Kier molecular flexibility index (Phi) is 6.83. The molecule has 0 aliphatic rings. The normalized spacial score (nSPS) is 11.4. The van der Waals surface area contributed by atoms with Gasteiger partial charge in [-0.05, 0) is 49.7 Å². The maximum Gasteiger partial charge on any atom is 0.320 e. The largest absolute Gasteiger partial charge is 0.494 e. The third-order valence-corrected chi connectivity index (χ3v) is 3.15. The van der Waals surface area contributed by atoms with E-state index >= 15 is 0 Å². The molecule has 5 heteroatoms. The van der Waals surface area contributed by atoms with E-state index in [1.54, 1.807) is 6.92 Å². The summed E-state index contributed by atoms with van der Waals surface area (Å²) >= 11 is 0.934. The molecule has 0 fully saturated rings. The van der Waals surface area contributed by atoms with Crippen LogP contribution >= 0.6 is 11.8 Å². The van der Waals surface area contributed by atoms with Crippen LogP contribution in [0.15, 0.2) is 24.3 Å². The van der Waals surface area contributed by atoms with E-state index in [4.69, 9.17) is 14.7 Å². The number of carbonyl (C=O) groups is 1. The molecule has 0 heterocycles. The van der Waals surface area contributed by atoms with Gasteiger partial charge in [-0.15, -0.1) is 0 Å². The molecule has 0 aliphatic heterocycles. The van der Waals surface area contributed by atoms with Crippen LogP contribution in [0.2, 0.25) is 0 Å². The number of benzene rings is 1. The third-order valence-electron chi connectivity index (χ3n) is 2.40. The van der Waals surface area contributed by atoms with E-state index in [0.29, 0.717) is 19.6 Å². The lowest BCUT2D eigenvalue weighted by Crippen LogP contribution is -2.22. The average molecular weight is 279 g/mol. The van der Waals surface area contributed by atoms with Gasteiger partial charge >= 0.3 is 5.97 Å². The van der Waals surface area contributed by atoms with Crippen molar-refractivity contribution in [3.8, 4) is 11.2 Å². The summed E-state index contributed by atoms with van der Waals surface area (Å²) in [5.74, 6) is 0.454. The zero-order chi connectivity index (χ0) is 14.1. The van der Waals surface area contributed by atoms with Crippen LogP contribution in [0.3, 0.4) is 0 Å². The van der Waals surface area contributed by atoms with Crippen LogP contribution in [0.4, 0.5) is 0 Å². The fraction of sp³-hybridized carbons (Fsp3) is 0.429. The molecule has 0 radical (unpaired) electrons. The second-order valence-electron chi connectivity index (χ2n) is 3.73. The summed E-state index contributed by atoms with van der Waals surface area (Å²) in [6.07, 6.45) is 0.476. The molecule has 1 aromatic rings. The van der Waals surface area contributed by atoms with Crippen molar-refractivity contribution in [1.29, 1.82) is 5.26 Å². The van der Waals surface area contributed by atoms with Gasteiger partial charge in [0, 0.05) is 0 Å². The van der Waals surface area contributed by atoms with Gasteiger partial charge in [0.1, 0.15) is 16.4 Å². The minimum atomic E-state index is -0.483. The Labute approximate surface area is 117 Å². The lowest BCUT2D eigenvalue weighted by atomic mass is 10.1. The highest BCUT2D eigenvalue weighted by molar-refractivity contribution is 8.04. The first-order valence-electron chi connectivity index (χ1n) is 6.14. The molecule has 102 valence electrons. The van der Waals surface area contributed by atoms with Crippen molar-refractivity contribution in [2.75, 3.05) is 13.2 Å². The highest BCUT2D eigenvalue weighted by atomic mass is 32.2. The van der Waals surface area contributed by atoms with Gasteiger partial charge in [-0.1, -0.05) is 12.1 Å². The summed E-state index contributed by atoms with van der Waals surface area (Å²) in [7, 11) is 0. The van der Waals surface area contributed by atoms with Crippen molar-refractivity contribution in [2.45, 2.75) is 25.5 Å². The number of rotatable bonds is 7. The van der Waals surface area contributed by atoms with Gasteiger partial charge in [-0.2, -0.15) is 5.26 Å². The van der Waals surface area contributed by atoms with E-state index in [2.05, 4.69) is 0 Å². The van der Waals surface area contributed by atoms with E-state index in [9.17, 15) is 4.79 Å². The van der Waals surface area contributed by atoms with Crippen LogP contribution in [-0.2, 0) is 16.0 Å². The van der Waals surface area contributed by atoms with E-state index < -0.39 is 5.25 Å². The molecule has 0 amide bonds. The van der Waals surface area contributed by atoms with Crippen LogP contribution in [0.25, 0.3) is 0 Å². The molecular weight excluding hydrogens is 262 g/mol. The van der Waals surface area contributed by atoms with Crippen molar-refractivity contribution in [1.82, 2.24) is 0 Å². The fourth-order valence-electron chi connectivity index (χ4n) is 1.57. The average Bonchev–Trinajstić information content (AvgIpc) is 2.41. The molecule has 1 aromatic carbocycles. The molecule has 0 saturated carbocycles. The van der Waals surface area contributed by atoms with Gasteiger partial charge < -0.3 is 9.47 Å². The summed E-state index contributed by atoms with van der Waals surface area (Å²) < 4.78 is 10.3. The monoisotopic (exact) mass is 279 g/mol. The Bertz CT molecular complexity index is 439. The Hall–Kier alpha value is -1.67. The van der Waals surface area contributed by atoms with Crippen LogP contribution in [0, 0.1) is 10.7 Å². The zero-order valence-electron chi connectivity index (χ0n) is 11.1. The zero-order valence-corrected chi connectivity index (χ0v) is 11.9. The van der Waals surface area contributed by atoms with Crippen LogP contribution in [0.1, 0.15) is 19.4 Å². The number of nitrogens with zero attached hydrogens (tertiary/aromatic N) is 1. The van der Waals surface area contributed by atoms with Crippen molar-refractivity contribution in [3.63, 3.8) is 0 Å². The SMILES string of the molecule is CCOC(=O)C(Cc1ccc(OCC)cc1)SC#N. The van der Waals surface area contributed by atoms with Crippen molar-refractivity contribution >= 4 is 17.7 Å². The molecule has 0 aliphatic carbocycles. The van der Waals surface area contributed by atoms with Gasteiger partial charge in [-0.3, -0.25) is 4.79 Å². The highest BCUT2D eigenvalue weighted by Crippen LogP contribution is 2.19. The molecule has 19 heavy (non-hydrogen) atoms. The summed E-state index contributed by atoms with van der Waals surface area (Å²) in [6, 6.07) is 7.51. The number of nitriles is 1. The minimum absolute atomic E-state index is 0.324. The Morgan fingerprint density at radius 1 is 1.32 bits per heavy atom. The number of esters is 1. The van der Waals surface area contributed by atoms with Crippen LogP contribution < -0.4 is 4.74 Å². The van der Waals surface area contributed by atoms with Crippen molar-refractivity contribution in [3.05, 3.63) is 29.8 Å². The van der Waals surface area contributed by atoms with E-state index in [-0.39, 0.29) is 5.97 Å². The molecule has 1 atom stereocenters. The van der Waals surface area contributed by atoms with Crippen molar-refractivity contribution in [2.24, 2.45) is 0 Å². The number of thioether (sulfide) groups is 1. The summed E-state index contributed by atoms with van der Waals surface area (Å²) in [4.78, 5) is 11.7. The van der Waals surface area contributed by atoms with Gasteiger partial charge in [0.2, 0.25) is 0 Å². The molecular formula is C14H17NO3S. The number of hydrogen-bond donors (Lipinski definition) is 0. The number of carbonyl (C=O) groups excluding carboxylic acids is 1. The van der Waals surface area contributed by atoms with Gasteiger partial charge in [0.15, 0.2) is 0 Å². The highest BCUT2D eigenvalue weighted by Gasteiger charge is 2.21. The number of thiocyanates is 1. The lowest BCUT2D eigenvalue weighted by molar-refractivity contribution is -0.142. The van der Waals surface area contributed by atoms with E-state index in [1.165, 1.54) is 0 Å². The van der Waals surface area contributed by atoms with Crippen molar-refractivity contribution < 1.29 is 14.3 Å². The quantitative estimate of drug-likeness (QED) is 0.567. The lowest BCUT2D eigenvalue weighted by Gasteiger charge is -2.12. The minimum Gasteiger partial charge on any atom is -0.494 e. The maximum absolute atomic E-state index is 11.7. The van der Waals surface area contributed by atoms with E-state index in [0.717, 1.165) is 23.1 Å². The molecule has 0 N–H and O–H groups in total. The van der Waals surface area contributed by atoms with Gasteiger partial charge in [-0.25, -0.2) is 0 Å². The third kappa shape index (κ3) is 5.23. The Morgan fingerprint density at radius 3 is 2.53 bits per heavy atom. The molecule has 1 rings (SSSR count). The number of ether oxygens (including phenoxy) is 2. The first-order chi connectivity index (χ1) is 9.21. The first-order valence-corrected chi connectivity index (χ1v) is 7.02. The summed E-state index contributed by atoms with van der Waals surface area (Å²) in [6.45, 7) is 4.62. The Morgan fingerprint density at radius 2 is 2.00 bits per heavy atom. The number of hydrogen-bond acceptors (Lipinski definition) is 5. The van der Waals surface area contributed by atoms with Gasteiger partial charge in [0.05, 0.1) is 13.2 Å². The standard InChI is InChI=1S/C14H17NO3S/c1-3-17-12-7-5-11(6-8-12)9-13(19-10-15)14(16)18-4-2/h5-8,13H,3-4,9H2,1-2H3. The van der Waals surface area contributed by atoms with Crippen LogP contribution in [0.5, 0.6) is 5.75 Å². The van der Waals surface area contributed by atoms with E-state index in [1.807, 2.05) is 36.6 Å². The fourth-order valence-corrected chi connectivity index (χ4v) is 2.14. The smallest absolute Gasteiger partial charge is 0.320 e. The molecule has 0 spiro atoms. The van der Waals surface area contributed by atoms with Crippen LogP contribution in [-0.4, -0.2) is 24.4 Å². The molecule has 0 aromatic heterocycles. The summed E-state index contributed by atoms with van der Waals surface area (Å²) in [5.41, 5.74) is 0.976. The topological polar surface area (TPSA) is 59.3 Å². The summed E-state index contributed by atoms with van der Waals surface area (Å²) in [5, 5.41) is 10.2. The second-order valence-corrected chi connectivity index (χ2v) is 4.72. The molecule has 0 saturated heterocycles. The maximum atomic E-state index is 11.7. The molecule has 0 bridgehead atoms. The molecule has 1 unspecified atom stereocenters. The second kappa shape index (κ2) is 8.44. The molecule has 4 nitrogen and oxygen atoms in total. The predicted octanol–water partition coefficient (Wildman–Crippen LogP) is 2.77. The predicted molar refractivity (Wildman–Crippen MR) is 74.9 cm³/mol. The first kappa shape index (κ1) is 15.4. The van der Waals surface area contributed by atoms with Gasteiger partial charge in [0.25, 0.3) is 0 Å². The Balaban J connectivity index is 2.68.